The molecule has 1 aromatic rings. The van der Waals surface area contributed by atoms with E-state index in [-0.39, 0.29) is 4.88 Å². The SMILES string of the molecule is C=Cc1sc(CCN2CCCC2)nc1C(F)(F)F. The van der Waals surface area contributed by atoms with Crippen LogP contribution in [0, 0.1) is 0 Å². The summed E-state index contributed by atoms with van der Waals surface area (Å²) in [6.07, 6.45) is -0.194. The molecule has 1 aromatic heterocycles. The van der Waals surface area contributed by atoms with Gasteiger partial charge in [0.1, 0.15) is 0 Å². The van der Waals surface area contributed by atoms with E-state index in [0.29, 0.717) is 11.4 Å². The molecule has 2 rings (SSSR count). The number of aromatic nitrogens is 1. The first-order chi connectivity index (χ1) is 8.50. The van der Waals surface area contributed by atoms with Crippen LogP contribution in [-0.4, -0.2) is 29.5 Å². The van der Waals surface area contributed by atoms with Gasteiger partial charge in [-0.25, -0.2) is 4.98 Å². The van der Waals surface area contributed by atoms with Crippen LogP contribution < -0.4 is 0 Å². The van der Waals surface area contributed by atoms with Crippen LogP contribution in [0.5, 0.6) is 0 Å². The maximum absolute atomic E-state index is 12.7. The second kappa shape index (κ2) is 5.40. The molecule has 0 N–H and O–H groups in total. The number of likely N-dealkylation sites (tertiary alicyclic amines) is 1. The van der Waals surface area contributed by atoms with E-state index in [4.69, 9.17) is 0 Å². The highest BCUT2D eigenvalue weighted by Gasteiger charge is 2.36. The fourth-order valence-electron chi connectivity index (χ4n) is 2.09. The monoisotopic (exact) mass is 276 g/mol. The quantitative estimate of drug-likeness (QED) is 0.837. The summed E-state index contributed by atoms with van der Waals surface area (Å²) in [6.45, 7) is 6.30. The lowest BCUT2D eigenvalue weighted by molar-refractivity contribution is -0.140. The van der Waals surface area contributed by atoms with Gasteiger partial charge in [-0.05, 0) is 32.0 Å². The van der Waals surface area contributed by atoms with E-state index in [2.05, 4.69) is 16.5 Å². The van der Waals surface area contributed by atoms with Crippen LogP contribution in [0.2, 0.25) is 0 Å². The molecule has 1 aliphatic rings. The predicted molar refractivity (Wildman–Crippen MR) is 66.6 cm³/mol. The molecule has 0 atom stereocenters. The smallest absolute Gasteiger partial charge is 0.303 e. The Kier molecular flexibility index (Phi) is 4.07. The third kappa shape index (κ3) is 3.11. The molecule has 0 aromatic carbocycles. The van der Waals surface area contributed by atoms with Crippen molar-refractivity contribution < 1.29 is 13.2 Å². The fourth-order valence-corrected chi connectivity index (χ4v) is 3.01. The van der Waals surface area contributed by atoms with Gasteiger partial charge in [0.15, 0.2) is 5.69 Å². The topological polar surface area (TPSA) is 16.1 Å². The molecule has 0 radical (unpaired) electrons. The van der Waals surface area contributed by atoms with Crippen LogP contribution in [0.25, 0.3) is 6.08 Å². The summed E-state index contributed by atoms with van der Waals surface area (Å²) < 4.78 is 38.0. The van der Waals surface area contributed by atoms with Gasteiger partial charge in [-0.15, -0.1) is 11.3 Å². The van der Waals surface area contributed by atoms with Gasteiger partial charge < -0.3 is 4.90 Å². The minimum absolute atomic E-state index is 0.124. The minimum atomic E-state index is -4.38. The maximum atomic E-state index is 12.7. The lowest BCUT2D eigenvalue weighted by Crippen LogP contribution is -2.21. The number of thiazole rings is 1. The van der Waals surface area contributed by atoms with Crippen molar-refractivity contribution in [3.8, 4) is 0 Å². The normalized spacial score (nSPS) is 17.3. The minimum Gasteiger partial charge on any atom is -0.303 e. The van der Waals surface area contributed by atoms with Crippen LogP contribution in [0.4, 0.5) is 13.2 Å². The van der Waals surface area contributed by atoms with Crippen LogP contribution in [0.3, 0.4) is 0 Å². The highest BCUT2D eigenvalue weighted by atomic mass is 32.1. The molecule has 0 bridgehead atoms. The van der Waals surface area contributed by atoms with E-state index in [1.165, 1.54) is 18.9 Å². The zero-order valence-electron chi connectivity index (χ0n) is 9.96. The van der Waals surface area contributed by atoms with Crippen molar-refractivity contribution >= 4 is 17.4 Å². The van der Waals surface area contributed by atoms with E-state index in [1.807, 2.05) is 0 Å². The van der Waals surface area contributed by atoms with Gasteiger partial charge in [0, 0.05) is 13.0 Å². The highest BCUT2D eigenvalue weighted by Crippen LogP contribution is 2.35. The highest BCUT2D eigenvalue weighted by molar-refractivity contribution is 7.12. The van der Waals surface area contributed by atoms with Crippen LogP contribution in [0.15, 0.2) is 6.58 Å². The zero-order chi connectivity index (χ0) is 13.2. The molecule has 1 fully saturated rings. The van der Waals surface area contributed by atoms with Gasteiger partial charge in [0.05, 0.1) is 9.88 Å². The molecule has 1 aliphatic heterocycles. The van der Waals surface area contributed by atoms with Crippen molar-refractivity contribution in [2.45, 2.75) is 25.4 Å². The Morgan fingerprint density at radius 3 is 2.50 bits per heavy atom. The molecule has 0 spiro atoms. The lowest BCUT2D eigenvalue weighted by atomic mass is 10.3. The van der Waals surface area contributed by atoms with Gasteiger partial charge in [-0.3, -0.25) is 0 Å². The number of alkyl halides is 3. The molecule has 1 saturated heterocycles. The molecule has 6 heteroatoms. The van der Waals surface area contributed by atoms with Crippen molar-refractivity contribution in [1.29, 1.82) is 0 Å². The summed E-state index contributed by atoms with van der Waals surface area (Å²) in [5, 5.41) is 0.545. The third-order valence-electron chi connectivity index (χ3n) is 2.99. The van der Waals surface area contributed by atoms with Crippen LogP contribution in [-0.2, 0) is 12.6 Å². The maximum Gasteiger partial charge on any atom is 0.434 e. The van der Waals surface area contributed by atoms with E-state index in [0.717, 1.165) is 31.0 Å². The molecule has 0 aliphatic carbocycles. The Labute approximate surface area is 108 Å². The summed E-state index contributed by atoms with van der Waals surface area (Å²) in [5.41, 5.74) is -0.793. The Morgan fingerprint density at radius 2 is 2.00 bits per heavy atom. The average Bonchev–Trinajstić information content (AvgIpc) is 2.94. The summed E-state index contributed by atoms with van der Waals surface area (Å²) in [5.74, 6) is 0. The number of hydrogen-bond acceptors (Lipinski definition) is 3. The van der Waals surface area contributed by atoms with Crippen molar-refractivity contribution in [3.05, 3.63) is 22.2 Å². The summed E-state index contributed by atoms with van der Waals surface area (Å²) >= 11 is 1.09. The molecule has 0 unspecified atom stereocenters. The van der Waals surface area contributed by atoms with Gasteiger partial charge in [-0.2, -0.15) is 13.2 Å². The molecule has 18 heavy (non-hydrogen) atoms. The third-order valence-corrected chi connectivity index (χ3v) is 4.10. The van der Waals surface area contributed by atoms with E-state index < -0.39 is 11.9 Å². The predicted octanol–water partition coefficient (Wildman–Crippen LogP) is 3.44. The molecule has 100 valence electrons. The van der Waals surface area contributed by atoms with Crippen molar-refractivity contribution in [2.75, 3.05) is 19.6 Å². The van der Waals surface area contributed by atoms with Gasteiger partial charge in [0.2, 0.25) is 0 Å². The van der Waals surface area contributed by atoms with E-state index in [1.54, 1.807) is 0 Å². The second-order valence-corrected chi connectivity index (χ2v) is 5.44. The van der Waals surface area contributed by atoms with E-state index >= 15 is 0 Å². The van der Waals surface area contributed by atoms with E-state index in [9.17, 15) is 13.2 Å². The lowest BCUT2D eigenvalue weighted by Gasteiger charge is -2.12. The molecule has 0 saturated carbocycles. The summed E-state index contributed by atoms with van der Waals surface area (Å²) in [7, 11) is 0. The van der Waals surface area contributed by atoms with Crippen molar-refractivity contribution in [1.82, 2.24) is 9.88 Å². The number of halogens is 3. The first-order valence-corrected chi connectivity index (χ1v) is 6.74. The first-order valence-electron chi connectivity index (χ1n) is 5.92. The summed E-state index contributed by atoms with van der Waals surface area (Å²) in [6, 6.07) is 0. The largest absolute Gasteiger partial charge is 0.434 e. The number of nitrogens with zero attached hydrogens (tertiary/aromatic N) is 2. The first kappa shape index (κ1) is 13.5. The van der Waals surface area contributed by atoms with Gasteiger partial charge in [-0.1, -0.05) is 6.58 Å². The number of rotatable bonds is 4. The van der Waals surface area contributed by atoms with Crippen LogP contribution >= 0.6 is 11.3 Å². The molecular formula is C12H15F3N2S. The van der Waals surface area contributed by atoms with Crippen LogP contribution in [0.1, 0.15) is 28.4 Å². The van der Waals surface area contributed by atoms with Crippen molar-refractivity contribution in [2.24, 2.45) is 0 Å². The summed E-state index contributed by atoms with van der Waals surface area (Å²) in [4.78, 5) is 6.10. The Hall–Kier alpha value is -0.880. The second-order valence-electron chi connectivity index (χ2n) is 4.32. The standard InChI is InChI=1S/C12H15F3N2S/c1-2-9-11(12(13,14)15)16-10(18-9)5-8-17-6-3-4-7-17/h2H,1,3-8H2. The molecule has 2 nitrogen and oxygen atoms in total. The molecular weight excluding hydrogens is 261 g/mol. The van der Waals surface area contributed by atoms with Gasteiger partial charge >= 0.3 is 6.18 Å². The number of hydrogen-bond donors (Lipinski definition) is 0. The molecule has 0 amide bonds. The molecule has 2 heterocycles. The Bertz CT molecular complexity index is 419. The Balaban J connectivity index is 2.04. The van der Waals surface area contributed by atoms with Gasteiger partial charge in [0.25, 0.3) is 0 Å². The average molecular weight is 276 g/mol. The fraction of sp³-hybridized carbons (Fsp3) is 0.583. The zero-order valence-corrected chi connectivity index (χ0v) is 10.8. The van der Waals surface area contributed by atoms with Crippen molar-refractivity contribution in [3.63, 3.8) is 0 Å². The Morgan fingerprint density at radius 1 is 1.33 bits per heavy atom.